The van der Waals surface area contributed by atoms with Gasteiger partial charge in [-0.1, -0.05) is 36.4 Å². The molecule has 0 unspecified atom stereocenters. The molecule has 0 amide bonds. The van der Waals surface area contributed by atoms with Gasteiger partial charge in [0.15, 0.2) is 0 Å². The minimum atomic E-state index is -3.82. The highest BCUT2D eigenvalue weighted by atomic mass is 32.2. The van der Waals surface area contributed by atoms with Crippen LogP contribution in [0.1, 0.15) is 27.0 Å². The summed E-state index contributed by atoms with van der Waals surface area (Å²) in [5.41, 5.74) is 9.56. The molecular formula is C22H25N3O5S. The Bertz CT molecular complexity index is 1160. The zero-order valence-electron chi connectivity index (χ0n) is 17.1. The third kappa shape index (κ3) is 6.05. The highest BCUT2D eigenvalue weighted by Gasteiger charge is 2.20. The van der Waals surface area contributed by atoms with Crippen molar-refractivity contribution in [1.82, 2.24) is 5.43 Å². The Labute approximate surface area is 181 Å². The van der Waals surface area contributed by atoms with Crippen LogP contribution in [0.3, 0.4) is 0 Å². The van der Waals surface area contributed by atoms with Crippen molar-refractivity contribution in [3.63, 3.8) is 0 Å². The van der Waals surface area contributed by atoms with Gasteiger partial charge in [-0.3, -0.25) is 4.72 Å². The van der Waals surface area contributed by atoms with E-state index in [2.05, 4.69) is 15.6 Å². The van der Waals surface area contributed by atoms with Crippen molar-refractivity contribution in [3.8, 4) is 0 Å². The molecule has 0 spiro atoms. The first kappa shape index (κ1) is 23.9. The molecule has 8 nitrogen and oxygen atoms in total. The number of anilines is 2. The van der Waals surface area contributed by atoms with Gasteiger partial charge in [0.2, 0.25) is 0 Å². The smallest absolute Gasteiger partial charge is 0.335 e. The lowest BCUT2D eigenvalue weighted by Gasteiger charge is -2.16. The number of carbonyl (C=O) groups is 1. The van der Waals surface area contributed by atoms with Crippen LogP contribution in [0.15, 0.2) is 71.6 Å². The lowest BCUT2D eigenvalue weighted by molar-refractivity contribution is 0.0697. The van der Waals surface area contributed by atoms with Crippen molar-refractivity contribution in [3.05, 3.63) is 89.0 Å². The van der Waals surface area contributed by atoms with Gasteiger partial charge in [-0.05, 0) is 60.9 Å². The van der Waals surface area contributed by atoms with Crippen LogP contribution in [-0.4, -0.2) is 25.0 Å². The highest BCUT2D eigenvalue weighted by Crippen LogP contribution is 2.26. The summed E-state index contributed by atoms with van der Waals surface area (Å²) in [7, 11) is -3.82. The molecule has 0 atom stereocenters. The third-order valence-electron chi connectivity index (χ3n) is 4.53. The second-order valence-corrected chi connectivity index (χ2v) is 8.55. The van der Waals surface area contributed by atoms with Crippen LogP contribution in [0.2, 0.25) is 0 Å². The maximum absolute atomic E-state index is 13.0. The van der Waals surface area contributed by atoms with E-state index in [0.717, 1.165) is 16.7 Å². The van der Waals surface area contributed by atoms with Crippen molar-refractivity contribution in [2.45, 2.75) is 25.3 Å². The Morgan fingerprint density at radius 2 is 1.61 bits per heavy atom. The summed E-state index contributed by atoms with van der Waals surface area (Å²) < 4.78 is 28.7. The second-order valence-electron chi connectivity index (χ2n) is 6.90. The van der Waals surface area contributed by atoms with Gasteiger partial charge in [-0.2, -0.15) is 0 Å². The predicted molar refractivity (Wildman–Crippen MR) is 121 cm³/mol. The van der Waals surface area contributed by atoms with Crippen molar-refractivity contribution in [2.24, 2.45) is 0 Å². The van der Waals surface area contributed by atoms with Gasteiger partial charge in [0.05, 0.1) is 16.9 Å². The monoisotopic (exact) mass is 443 g/mol. The van der Waals surface area contributed by atoms with Crippen LogP contribution in [0.5, 0.6) is 0 Å². The summed E-state index contributed by atoms with van der Waals surface area (Å²) in [6.45, 7) is 4.04. The van der Waals surface area contributed by atoms with E-state index in [1.54, 1.807) is 36.4 Å². The van der Waals surface area contributed by atoms with Crippen LogP contribution in [0.25, 0.3) is 0 Å². The zero-order valence-corrected chi connectivity index (χ0v) is 18.0. The number of hydrogen-bond acceptors (Lipinski definition) is 5. The molecule has 6 N–H and O–H groups in total. The third-order valence-corrected chi connectivity index (χ3v) is 5.94. The quantitative estimate of drug-likeness (QED) is 0.395. The molecule has 0 fully saturated rings. The first-order valence-corrected chi connectivity index (χ1v) is 10.7. The Morgan fingerprint density at radius 3 is 2.26 bits per heavy atom. The Hall–Kier alpha value is -3.40. The number of hydrazine groups is 1. The number of rotatable bonds is 8. The van der Waals surface area contributed by atoms with Crippen LogP contribution < -0.4 is 15.6 Å². The summed E-state index contributed by atoms with van der Waals surface area (Å²) in [6.07, 6.45) is 0. The maximum Gasteiger partial charge on any atom is 0.335 e. The first-order chi connectivity index (χ1) is 14.3. The summed E-state index contributed by atoms with van der Waals surface area (Å²) in [6, 6.07) is 18.7. The topological polar surface area (TPSA) is 139 Å². The van der Waals surface area contributed by atoms with E-state index in [0.29, 0.717) is 17.9 Å². The van der Waals surface area contributed by atoms with Crippen molar-refractivity contribution in [1.29, 1.82) is 0 Å². The molecule has 0 bridgehead atoms. The fourth-order valence-corrected chi connectivity index (χ4v) is 4.23. The van der Waals surface area contributed by atoms with E-state index >= 15 is 0 Å². The molecule has 0 radical (unpaired) electrons. The van der Waals surface area contributed by atoms with Crippen molar-refractivity contribution < 1.29 is 23.8 Å². The molecule has 0 saturated heterocycles. The number of carboxylic acids is 1. The zero-order chi connectivity index (χ0) is 21.7. The molecular weight excluding hydrogens is 418 g/mol. The molecule has 0 saturated carbocycles. The summed E-state index contributed by atoms with van der Waals surface area (Å²) in [5.74, 6) is -0.983. The van der Waals surface area contributed by atoms with Crippen LogP contribution in [-0.2, 0) is 16.6 Å². The average molecular weight is 444 g/mol. The standard InChI is InChI=1S/C22H23N3O4S.H2O/c1-15-7-12-20(24-23-14-17-8-10-18(11-9-17)22(26)27)21(13-15)30(28,29)25-19-6-4-3-5-16(19)2;/h3-13,23-25H,14H2,1-2H3,(H,26,27);1H2. The average Bonchev–Trinajstić information content (AvgIpc) is 2.71. The van der Waals surface area contributed by atoms with Gasteiger partial charge < -0.3 is 16.0 Å². The molecule has 3 rings (SSSR count). The van der Waals surface area contributed by atoms with Gasteiger partial charge in [-0.25, -0.2) is 18.6 Å². The van der Waals surface area contributed by atoms with Crippen LogP contribution in [0, 0.1) is 13.8 Å². The molecule has 9 heteroatoms. The fraction of sp³-hybridized carbons (Fsp3) is 0.136. The Balaban J connectivity index is 0.00000341. The second kappa shape index (κ2) is 10.1. The number of nitrogens with one attached hydrogen (secondary N) is 3. The number of para-hydroxylation sites is 1. The SMILES string of the molecule is Cc1ccc(NNCc2ccc(C(=O)O)cc2)c(S(=O)(=O)Nc2ccccc2C)c1.O. The van der Waals surface area contributed by atoms with Crippen molar-refractivity contribution >= 4 is 27.4 Å². The molecule has 3 aromatic carbocycles. The molecule has 3 aromatic rings. The molecule has 0 aliphatic carbocycles. The maximum atomic E-state index is 13.0. The van der Waals surface area contributed by atoms with Gasteiger partial charge >= 0.3 is 5.97 Å². The van der Waals surface area contributed by atoms with E-state index in [-0.39, 0.29) is 15.9 Å². The normalized spacial score (nSPS) is 10.8. The van der Waals surface area contributed by atoms with Gasteiger partial charge in [0, 0.05) is 6.54 Å². The number of sulfonamides is 1. The van der Waals surface area contributed by atoms with E-state index < -0.39 is 16.0 Å². The van der Waals surface area contributed by atoms with Crippen molar-refractivity contribution in [2.75, 3.05) is 10.1 Å². The minimum Gasteiger partial charge on any atom is -0.478 e. The summed E-state index contributed by atoms with van der Waals surface area (Å²) in [5, 5.41) is 8.96. The number of aryl methyl sites for hydroxylation is 2. The molecule has 0 heterocycles. The number of hydrogen-bond donors (Lipinski definition) is 4. The highest BCUT2D eigenvalue weighted by molar-refractivity contribution is 7.92. The van der Waals surface area contributed by atoms with E-state index in [1.807, 2.05) is 32.0 Å². The van der Waals surface area contributed by atoms with E-state index in [1.165, 1.54) is 12.1 Å². The van der Waals surface area contributed by atoms with Gasteiger partial charge in [0.1, 0.15) is 4.90 Å². The molecule has 0 aliphatic rings. The lowest BCUT2D eigenvalue weighted by atomic mass is 10.1. The summed E-state index contributed by atoms with van der Waals surface area (Å²) in [4.78, 5) is 11.1. The van der Waals surface area contributed by atoms with Crippen LogP contribution in [0.4, 0.5) is 11.4 Å². The Morgan fingerprint density at radius 1 is 0.935 bits per heavy atom. The number of carboxylic acid groups (broad SMARTS) is 1. The van der Waals surface area contributed by atoms with Gasteiger partial charge in [0.25, 0.3) is 10.0 Å². The Kier molecular flexibility index (Phi) is 7.76. The first-order valence-electron chi connectivity index (χ1n) is 9.26. The largest absolute Gasteiger partial charge is 0.478 e. The number of benzene rings is 3. The minimum absolute atomic E-state index is 0. The van der Waals surface area contributed by atoms with Gasteiger partial charge in [-0.15, -0.1) is 0 Å². The summed E-state index contributed by atoms with van der Waals surface area (Å²) >= 11 is 0. The molecule has 164 valence electrons. The predicted octanol–water partition coefficient (Wildman–Crippen LogP) is 3.09. The van der Waals surface area contributed by atoms with E-state index in [9.17, 15) is 13.2 Å². The van der Waals surface area contributed by atoms with E-state index in [4.69, 9.17) is 5.11 Å². The number of aromatic carboxylic acids is 1. The molecule has 31 heavy (non-hydrogen) atoms. The lowest BCUT2D eigenvalue weighted by Crippen LogP contribution is -2.24. The molecule has 0 aromatic heterocycles. The van der Waals surface area contributed by atoms with Crippen LogP contribution >= 0.6 is 0 Å². The molecule has 0 aliphatic heterocycles. The fourth-order valence-electron chi connectivity index (χ4n) is 2.85.